The number of carboxylic acid groups (broad SMARTS) is 1. The van der Waals surface area contributed by atoms with Gasteiger partial charge in [0.2, 0.25) is 17.6 Å². The van der Waals surface area contributed by atoms with Crippen LogP contribution in [0.25, 0.3) is 0 Å². The number of carbonyl (C=O) groups excluding carboxylic acids is 1. The molecule has 82 heavy (non-hydrogen) atoms. The normalized spacial score (nSPS) is 22.0. The fourth-order valence-corrected chi connectivity index (χ4v) is 13.1. The summed E-state index contributed by atoms with van der Waals surface area (Å²) in [6.07, 6.45) is 63.2. The van der Waals surface area contributed by atoms with E-state index in [1.165, 1.54) is 261 Å². The van der Waals surface area contributed by atoms with Gasteiger partial charge in [-0.05, 0) is 37.0 Å². The van der Waals surface area contributed by atoms with E-state index < -0.39 is 17.1 Å². The smallest absolute Gasteiger partial charge is 0.358 e. The average Bonchev–Trinajstić information content (AvgIpc) is 3.25. The molecule has 10 heteroatoms. The van der Waals surface area contributed by atoms with Crippen molar-refractivity contribution in [1.82, 2.24) is 14.9 Å². The van der Waals surface area contributed by atoms with Gasteiger partial charge in [-0.1, -0.05) is 337 Å². The van der Waals surface area contributed by atoms with Crippen molar-refractivity contribution in [1.29, 1.82) is 0 Å². The van der Waals surface area contributed by atoms with Crippen LogP contribution < -0.4 is 25.4 Å². The second-order valence-electron chi connectivity index (χ2n) is 25.2. The molecule has 0 saturated carbocycles. The van der Waals surface area contributed by atoms with Crippen molar-refractivity contribution in [3.8, 4) is 5.75 Å². The molecular formula is C72H119N5O5. The van der Waals surface area contributed by atoms with Gasteiger partial charge >= 0.3 is 5.97 Å². The van der Waals surface area contributed by atoms with E-state index in [2.05, 4.69) is 27.2 Å². The molecule has 2 saturated heterocycles. The Morgan fingerprint density at radius 3 is 1.18 bits per heavy atom. The molecule has 0 radical (unpaired) electrons. The predicted molar refractivity (Wildman–Crippen MR) is 346 cm³/mol. The van der Waals surface area contributed by atoms with E-state index in [0.717, 1.165) is 49.8 Å². The summed E-state index contributed by atoms with van der Waals surface area (Å²) in [7, 11) is 1.66. The highest BCUT2D eigenvalue weighted by Crippen LogP contribution is 2.36. The Kier molecular flexibility index (Phi) is 36.9. The number of para-hydroxylation sites is 1. The number of hydrogen-bond donors (Lipinski definition) is 2. The minimum absolute atomic E-state index is 0.0309. The van der Waals surface area contributed by atoms with E-state index in [1.807, 2.05) is 48.5 Å². The number of nitrogens with one attached hydrogen (secondary N) is 1. The number of aromatic carboxylic acids is 1. The molecule has 462 valence electrons. The van der Waals surface area contributed by atoms with Crippen LogP contribution in [0.5, 0.6) is 5.75 Å². The molecule has 2 aliphatic rings. The minimum Gasteiger partial charge on any atom is -0.481 e. The van der Waals surface area contributed by atoms with Crippen LogP contribution in [0, 0.1) is 0 Å². The van der Waals surface area contributed by atoms with Gasteiger partial charge in [0, 0.05) is 25.8 Å². The lowest BCUT2D eigenvalue weighted by Gasteiger charge is -2.39. The van der Waals surface area contributed by atoms with Gasteiger partial charge in [-0.3, -0.25) is 14.2 Å². The van der Waals surface area contributed by atoms with E-state index in [9.17, 15) is 19.5 Å². The zero-order valence-electron chi connectivity index (χ0n) is 52.4. The number of benzene rings is 2. The van der Waals surface area contributed by atoms with Gasteiger partial charge in [0.15, 0.2) is 5.69 Å². The van der Waals surface area contributed by atoms with Crippen molar-refractivity contribution in [2.75, 3.05) is 29.6 Å². The van der Waals surface area contributed by atoms with Gasteiger partial charge in [-0.15, -0.1) is 0 Å². The summed E-state index contributed by atoms with van der Waals surface area (Å²) >= 11 is 0. The molecule has 0 bridgehead atoms. The third kappa shape index (κ3) is 27.6. The van der Waals surface area contributed by atoms with Gasteiger partial charge in [0.05, 0.1) is 6.67 Å². The Hall–Kier alpha value is -4.34. The summed E-state index contributed by atoms with van der Waals surface area (Å²) in [6.45, 7) is 1.50. The summed E-state index contributed by atoms with van der Waals surface area (Å²) in [5.74, 6) is -1.24. The molecule has 1 spiro atoms. The van der Waals surface area contributed by atoms with E-state index in [-0.39, 0.29) is 24.0 Å². The molecule has 0 aliphatic carbocycles. The molecular weight excluding hydrogens is 1010 g/mol. The van der Waals surface area contributed by atoms with Gasteiger partial charge in [-0.2, -0.15) is 0 Å². The summed E-state index contributed by atoms with van der Waals surface area (Å²) in [6, 6.07) is 19.7. The predicted octanol–water partition coefficient (Wildman–Crippen LogP) is 19.9. The number of ether oxygens (including phenoxy) is 1. The Bertz CT molecular complexity index is 2130. The molecule has 2 fully saturated rings. The first kappa shape index (κ1) is 68.4. The second kappa shape index (κ2) is 44.2. The van der Waals surface area contributed by atoms with Crippen molar-refractivity contribution in [3.05, 3.63) is 82.3 Å². The molecule has 3 aromatic rings. The molecule has 5 rings (SSSR count). The van der Waals surface area contributed by atoms with Crippen LogP contribution >= 0.6 is 0 Å². The number of anilines is 2. The van der Waals surface area contributed by atoms with Crippen LogP contribution in [0.15, 0.2) is 65.5 Å². The lowest BCUT2D eigenvalue weighted by Crippen LogP contribution is -2.52. The first-order valence-corrected chi connectivity index (χ1v) is 34.8. The fraction of sp³-hybridized carbons (Fsp3) is 0.750. The molecule has 2 aliphatic heterocycles. The number of carboxylic acids is 1. The van der Waals surface area contributed by atoms with Crippen molar-refractivity contribution in [2.45, 2.75) is 320 Å². The Morgan fingerprint density at radius 2 is 0.817 bits per heavy atom. The second-order valence-corrected chi connectivity index (χ2v) is 25.2. The van der Waals surface area contributed by atoms with E-state index in [0.29, 0.717) is 38.5 Å². The van der Waals surface area contributed by atoms with E-state index in [4.69, 9.17) is 9.72 Å². The maximum Gasteiger partial charge on any atom is 0.358 e. The summed E-state index contributed by atoms with van der Waals surface area (Å²) in [5, 5.41) is 13.7. The molecule has 10 nitrogen and oxygen atoms in total. The lowest BCUT2D eigenvalue weighted by molar-refractivity contribution is -0.124. The SMILES string of the molecule is Cn1c(N2CCCCCCCCCCCCCCCCCCCCCCCCCCCCCCCCCCCCCCCCCCCCCCCCC3(CC2)C(=O)NCN3c2ccccc2)nc(C(=O)O)c(OCc2ccccc2)c1=O. The highest BCUT2D eigenvalue weighted by Gasteiger charge is 2.48. The van der Waals surface area contributed by atoms with Gasteiger partial charge in [-0.25, -0.2) is 9.78 Å². The highest BCUT2D eigenvalue weighted by atomic mass is 16.5. The topological polar surface area (TPSA) is 117 Å². The van der Waals surface area contributed by atoms with E-state index >= 15 is 0 Å². The molecule has 1 atom stereocenters. The van der Waals surface area contributed by atoms with Crippen LogP contribution in [0.1, 0.15) is 324 Å². The van der Waals surface area contributed by atoms with Crippen LogP contribution in [0.2, 0.25) is 0 Å². The monoisotopic (exact) mass is 1130 g/mol. The highest BCUT2D eigenvalue weighted by molar-refractivity contribution is 5.93. The quantitative estimate of drug-likeness (QED) is 0.251. The first-order chi connectivity index (χ1) is 40.4. The average molecular weight is 1130 g/mol. The maximum absolute atomic E-state index is 14.4. The molecule has 1 amide bonds. The zero-order valence-corrected chi connectivity index (χ0v) is 52.4. The van der Waals surface area contributed by atoms with Crippen LogP contribution in [-0.4, -0.2) is 51.8 Å². The van der Waals surface area contributed by atoms with Gasteiger partial charge < -0.3 is 25.0 Å². The summed E-state index contributed by atoms with van der Waals surface area (Å²) in [4.78, 5) is 50.5. The Labute approximate surface area is 500 Å². The Balaban J connectivity index is 1.14. The van der Waals surface area contributed by atoms with Crippen LogP contribution in [0.3, 0.4) is 0 Å². The molecule has 3 heterocycles. The number of aromatic nitrogens is 2. The fourth-order valence-electron chi connectivity index (χ4n) is 13.1. The Morgan fingerprint density at radius 1 is 0.476 bits per heavy atom. The standard InChI is InChI=1S/C72H119N5O5/c1-75-68(78)67(82-62-64-54-48-46-49-55-64)66(69(79)80)74-71(75)76-60-53-45-43-41-39-37-35-33-31-29-27-25-23-21-19-17-15-13-11-9-7-5-3-2-4-6-8-10-12-14-16-18-20-22-24-26-28-30-32-34-36-38-40-42-44-52-58-72(59-61-76)70(81)73-63-77(72)65-56-50-47-51-57-65/h46-51,54-57H,2-45,52-53,58-63H2,1H3,(H,73,81)(H,79,80). The zero-order chi connectivity index (χ0) is 57.8. The molecule has 2 N–H and O–H groups in total. The van der Waals surface area contributed by atoms with Gasteiger partial charge in [0.1, 0.15) is 12.1 Å². The summed E-state index contributed by atoms with van der Waals surface area (Å²) < 4.78 is 7.40. The van der Waals surface area contributed by atoms with Crippen LogP contribution in [-0.2, 0) is 18.4 Å². The number of carbonyl (C=O) groups is 2. The van der Waals surface area contributed by atoms with Gasteiger partial charge in [0.25, 0.3) is 5.56 Å². The molecule has 2 aromatic carbocycles. The minimum atomic E-state index is -1.31. The molecule has 1 aromatic heterocycles. The van der Waals surface area contributed by atoms with Crippen molar-refractivity contribution >= 4 is 23.5 Å². The number of hydrogen-bond acceptors (Lipinski definition) is 7. The third-order valence-electron chi connectivity index (χ3n) is 18.4. The number of amides is 1. The van der Waals surface area contributed by atoms with Crippen molar-refractivity contribution in [3.63, 3.8) is 0 Å². The first-order valence-electron chi connectivity index (χ1n) is 34.8. The maximum atomic E-state index is 14.4. The lowest BCUT2D eigenvalue weighted by atomic mass is 9.86. The summed E-state index contributed by atoms with van der Waals surface area (Å²) in [5.41, 5.74) is 0.0993. The molecule has 1 unspecified atom stereocenters. The van der Waals surface area contributed by atoms with Crippen molar-refractivity contribution < 1.29 is 19.4 Å². The largest absolute Gasteiger partial charge is 0.481 e. The van der Waals surface area contributed by atoms with Crippen LogP contribution in [0.4, 0.5) is 11.6 Å². The third-order valence-corrected chi connectivity index (χ3v) is 18.4. The number of rotatable bonds is 6. The van der Waals surface area contributed by atoms with E-state index in [1.54, 1.807) is 7.05 Å². The number of nitrogens with zero attached hydrogens (tertiary/aromatic N) is 4. The van der Waals surface area contributed by atoms with Crippen molar-refractivity contribution in [2.24, 2.45) is 7.05 Å².